The van der Waals surface area contributed by atoms with Crippen molar-refractivity contribution in [2.24, 2.45) is 0 Å². The normalized spacial score (nSPS) is 16.4. The number of ether oxygens (including phenoxy) is 2. The minimum atomic E-state index is -0.548. The third-order valence-corrected chi connectivity index (χ3v) is 3.43. The lowest BCUT2D eigenvalue weighted by Gasteiger charge is -2.28. The second-order valence-electron chi connectivity index (χ2n) is 4.64. The third kappa shape index (κ3) is 3.36. The topological polar surface area (TPSA) is 33.7 Å². The van der Waals surface area contributed by atoms with Gasteiger partial charge in [0.25, 0.3) is 0 Å². The Morgan fingerprint density at radius 2 is 1.68 bits per heavy atom. The Balaban J connectivity index is 2.21. The molecule has 1 heterocycles. The second-order valence-corrected chi connectivity index (χ2v) is 4.64. The molecule has 1 aliphatic rings. The summed E-state index contributed by atoms with van der Waals surface area (Å²) in [6.07, 6.45) is 0. The predicted octanol–water partition coefficient (Wildman–Crippen LogP) is 1.58. The van der Waals surface area contributed by atoms with E-state index in [4.69, 9.17) is 9.47 Å². The first kappa shape index (κ1) is 14.1. The zero-order valence-electron chi connectivity index (χ0n) is 11.5. The number of nitrogens with zero attached hydrogens (tertiary/aromatic N) is 1. The summed E-state index contributed by atoms with van der Waals surface area (Å²) in [6.45, 7) is 4.28. The highest BCUT2D eigenvalue weighted by molar-refractivity contribution is 5.46. The maximum atomic E-state index is 12.9. The second kappa shape index (κ2) is 6.73. The van der Waals surface area contributed by atoms with Crippen molar-refractivity contribution >= 4 is 0 Å². The molecule has 0 unspecified atom stereocenters. The maximum Gasteiger partial charge on any atom is 0.125 e. The molecule has 0 radical (unpaired) electrons. The first-order valence-corrected chi connectivity index (χ1v) is 6.51. The summed E-state index contributed by atoms with van der Waals surface area (Å²) in [6, 6.07) is 3.62. The molecule has 1 saturated heterocycles. The molecule has 106 valence electrons. The van der Waals surface area contributed by atoms with Gasteiger partial charge in [-0.1, -0.05) is 0 Å². The molecule has 1 N–H and O–H groups in total. The van der Waals surface area contributed by atoms with Crippen LogP contribution in [0.3, 0.4) is 0 Å². The molecule has 4 nitrogen and oxygen atoms in total. The fraction of sp³-hybridized carbons (Fsp3) is 0.571. The summed E-state index contributed by atoms with van der Waals surface area (Å²) in [5.41, 5.74) is 1.57. The molecule has 19 heavy (non-hydrogen) atoms. The molecule has 5 heteroatoms. The standard InChI is InChI=1S/C14H21FN2O2/c1-18-13-8-12(10-17-5-3-16-4-6-17)14(19-2)7-11(13)9-15/h7-8,16H,3-6,9-10H2,1-2H3. The number of rotatable bonds is 5. The Kier molecular flexibility index (Phi) is 4.99. The van der Waals surface area contributed by atoms with Crippen molar-refractivity contribution in [3.05, 3.63) is 23.3 Å². The number of nitrogens with one attached hydrogen (secondary N) is 1. The smallest absolute Gasteiger partial charge is 0.125 e. The first-order chi connectivity index (χ1) is 9.28. The average molecular weight is 268 g/mol. The predicted molar refractivity (Wildman–Crippen MR) is 72.5 cm³/mol. The van der Waals surface area contributed by atoms with Gasteiger partial charge in [0.1, 0.15) is 18.2 Å². The van der Waals surface area contributed by atoms with E-state index in [-0.39, 0.29) is 0 Å². The van der Waals surface area contributed by atoms with E-state index < -0.39 is 6.67 Å². The van der Waals surface area contributed by atoms with Crippen molar-refractivity contribution < 1.29 is 13.9 Å². The van der Waals surface area contributed by atoms with Crippen molar-refractivity contribution in [3.63, 3.8) is 0 Å². The third-order valence-electron chi connectivity index (χ3n) is 3.43. The Labute approximate surface area is 113 Å². The van der Waals surface area contributed by atoms with Crippen LogP contribution in [-0.2, 0) is 13.2 Å². The number of hydrogen-bond donors (Lipinski definition) is 1. The molecule has 0 spiro atoms. The molecule has 1 aromatic carbocycles. The van der Waals surface area contributed by atoms with Crippen LogP contribution in [0.25, 0.3) is 0 Å². The van der Waals surface area contributed by atoms with E-state index in [1.165, 1.54) is 0 Å². The molecule has 0 saturated carbocycles. The fourth-order valence-corrected chi connectivity index (χ4v) is 2.36. The number of hydrogen-bond acceptors (Lipinski definition) is 4. The molecule has 2 rings (SSSR count). The lowest BCUT2D eigenvalue weighted by atomic mass is 10.1. The Morgan fingerprint density at radius 1 is 1.11 bits per heavy atom. The zero-order valence-corrected chi connectivity index (χ0v) is 11.5. The molecule has 0 atom stereocenters. The summed E-state index contributed by atoms with van der Waals surface area (Å²) in [5, 5.41) is 3.32. The molecular formula is C14H21FN2O2. The van der Waals surface area contributed by atoms with Crippen LogP contribution in [0.1, 0.15) is 11.1 Å². The lowest BCUT2D eigenvalue weighted by Crippen LogP contribution is -2.42. The minimum Gasteiger partial charge on any atom is -0.496 e. The number of piperazine rings is 1. The lowest BCUT2D eigenvalue weighted by molar-refractivity contribution is 0.229. The van der Waals surface area contributed by atoms with E-state index in [1.807, 2.05) is 6.07 Å². The van der Waals surface area contributed by atoms with Crippen LogP contribution in [0.15, 0.2) is 12.1 Å². The number of benzene rings is 1. The molecule has 0 amide bonds. The molecule has 0 aromatic heterocycles. The van der Waals surface area contributed by atoms with E-state index in [0.29, 0.717) is 11.3 Å². The van der Waals surface area contributed by atoms with E-state index in [2.05, 4.69) is 10.2 Å². The molecular weight excluding hydrogens is 247 g/mol. The van der Waals surface area contributed by atoms with Crippen molar-refractivity contribution in [2.75, 3.05) is 40.4 Å². The summed E-state index contributed by atoms with van der Waals surface area (Å²) < 4.78 is 23.5. The van der Waals surface area contributed by atoms with Gasteiger partial charge in [-0.25, -0.2) is 4.39 Å². The van der Waals surface area contributed by atoms with Gasteiger partial charge in [-0.2, -0.15) is 0 Å². The van der Waals surface area contributed by atoms with Crippen LogP contribution in [0.2, 0.25) is 0 Å². The van der Waals surface area contributed by atoms with Gasteiger partial charge in [-0.05, 0) is 12.1 Å². The Hall–Kier alpha value is -1.33. The largest absolute Gasteiger partial charge is 0.496 e. The van der Waals surface area contributed by atoms with Gasteiger partial charge in [-0.15, -0.1) is 0 Å². The van der Waals surface area contributed by atoms with E-state index in [1.54, 1.807) is 20.3 Å². The van der Waals surface area contributed by atoms with Crippen molar-refractivity contribution in [2.45, 2.75) is 13.2 Å². The van der Waals surface area contributed by atoms with Gasteiger partial charge in [0, 0.05) is 43.9 Å². The van der Waals surface area contributed by atoms with Crippen molar-refractivity contribution in [3.8, 4) is 11.5 Å². The van der Waals surface area contributed by atoms with E-state index >= 15 is 0 Å². The Morgan fingerprint density at radius 3 is 2.26 bits per heavy atom. The van der Waals surface area contributed by atoms with Gasteiger partial charge in [-0.3, -0.25) is 4.90 Å². The summed E-state index contributed by atoms with van der Waals surface area (Å²) >= 11 is 0. The van der Waals surface area contributed by atoms with E-state index in [9.17, 15) is 4.39 Å². The SMILES string of the molecule is COc1cc(CN2CCNCC2)c(OC)cc1CF. The number of methoxy groups -OCH3 is 2. The van der Waals surface area contributed by atoms with E-state index in [0.717, 1.165) is 44.0 Å². The quantitative estimate of drug-likeness (QED) is 0.879. The molecule has 0 bridgehead atoms. The van der Waals surface area contributed by atoms with Crippen LogP contribution < -0.4 is 14.8 Å². The van der Waals surface area contributed by atoms with Crippen LogP contribution in [0.5, 0.6) is 11.5 Å². The van der Waals surface area contributed by atoms with Crippen LogP contribution in [-0.4, -0.2) is 45.3 Å². The van der Waals surface area contributed by atoms with Gasteiger partial charge >= 0.3 is 0 Å². The number of alkyl halides is 1. The van der Waals surface area contributed by atoms with Gasteiger partial charge in [0.15, 0.2) is 0 Å². The van der Waals surface area contributed by atoms with Gasteiger partial charge in [0.2, 0.25) is 0 Å². The fourth-order valence-electron chi connectivity index (χ4n) is 2.36. The van der Waals surface area contributed by atoms with Gasteiger partial charge in [0.05, 0.1) is 14.2 Å². The molecule has 1 aliphatic heterocycles. The highest BCUT2D eigenvalue weighted by atomic mass is 19.1. The maximum absolute atomic E-state index is 12.9. The minimum absolute atomic E-state index is 0.531. The first-order valence-electron chi connectivity index (χ1n) is 6.51. The van der Waals surface area contributed by atoms with Crippen LogP contribution in [0, 0.1) is 0 Å². The summed E-state index contributed by atoms with van der Waals surface area (Å²) in [5.74, 6) is 1.32. The van der Waals surface area contributed by atoms with Crippen molar-refractivity contribution in [1.29, 1.82) is 0 Å². The highest BCUT2D eigenvalue weighted by Gasteiger charge is 2.15. The highest BCUT2D eigenvalue weighted by Crippen LogP contribution is 2.30. The molecule has 0 aliphatic carbocycles. The van der Waals surface area contributed by atoms with Crippen LogP contribution >= 0.6 is 0 Å². The Bertz CT molecular complexity index is 420. The average Bonchev–Trinajstić information content (AvgIpc) is 2.47. The van der Waals surface area contributed by atoms with Crippen LogP contribution in [0.4, 0.5) is 4.39 Å². The van der Waals surface area contributed by atoms with Crippen molar-refractivity contribution in [1.82, 2.24) is 10.2 Å². The summed E-state index contributed by atoms with van der Waals surface area (Å²) in [7, 11) is 3.18. The summed E-state index contributed by atoms with van der Waals surface area (Å²) in [4.78, 5) is 2.35. The molecule has 1 fully saturated rings. The zero-order chi connectivity index (χ0) is 13.7. The van der Waals surface area contributed by atoms with Gasteiger partial charge < -0.3 is 14.8 Å². The number of halogens is 1. The monoisotopic (exact) mass is 268 g/mol. The molecule has 1 aromatic rings.